The standard InChI is InChI=1S/C58H99NO7/c1-6-8-10-12-14-16-18-20-22-24-26-27-28-29-31-32-34-36-38-40-42-44-46-48-56(60)65-53-54(52-64-51-50-55(58(62)63)59(3,4)5)66-57(61)49-47-45-43-41-39-37-35-33-30-25-23-21-19-17-15-13-11-9-7-2/h9,11,15,17,21,23,26-27,29-31,33,37,39,54-55H,6-8,10,12-14,16,18-20,22,24-25,28,32,34-36,38,40-53H2,1-5H3/p+1/b11-9+,17-15+,23-21+,27-26+,31-29+,33-30+,39-37+. The number of rotatable bonds is 47. The number of carbonyl (C=O) groups excluding carboxylic acids is 2. The summed E-state index contributed by atoms with van der Waals surface area (Å²) in [5.74, 6) is -1.52. The maximum Gasteiger partial charge on any atom is 0.362 e. The first-order valence-electron chi connectivity index (χ1n) is 26.6. The molecule has 0 aromatic heterocycles. The summed E-state index contributed by atoms with van der Waals surface area (Å²) in [7, 11) is 5.52. The first-order chi connectivity index (χ1) is 32.1. The van der Waals surface area contributed by atoms with Crippen LogP contribution in [-0.4, -0.2) is 80.6 Å². The number of carbonyl (C=O) groups is 3. The van der Waals surface area contributed by atoms with Crippen LogP contribution >= 0.6 is 0 Å². The summed E-state index contributed by atoms with van der Waals surface area (Å²) < 4.78 is 17.3. The number of esters is 2. The molecule has 0 saturated heterocycles. The van der Waals surface area contributed by atoms with Crippen molar-refractivity contribution < 1.29 is 38.2 Å². The molecule has 0 aliphatic rings. The van der Waals surface area contributed by atoms with Crippen LogP contribution in [0.4, 0.5) is 0 Å². The molecule has 2 atom stereocenters. The van der Waals surface area contributed by atoms with E-state index in [2.05, 4.69) is 98.9 Å². The lowest BCUT2D eigenvalue weighted by Crippen LogP contribution is -2.50. The van der Waals surface area contributed by atoms with E-state index in [9.17, 15) is 19.5 Å². The van der Waals surface area contributed by atoms with Crippen LogP contribution in [0.2, 0.25) is 0 Å². The number of unbranched alkanes of at least 4 members (excludes halogenated alkanes) is 19. The summed E-state index contributed by atoms with van der Waals surface area (Å²) in [5, 5.41) is 9.66. The lowest BCUT2D eigenvalue weighted by molar-refractivity contribution is -0.887. The van der Waals surface area contributed by atoms with Crippen molar-refractivity contribution >= 4 is 17.9 Å². The number of ether oxygens (including phenoxy) is 3. The van der Waals surface area contributed by atoms with Gasteiger partial charge in [0.15, 0.2) is 12.1 Å². The van der Waals surface area contributed by atoms with Crippen LogP contribution in [0, 0.1) is 0 Å². The molecule has 0 aromatic carbocycles. The van der Waals surface area contributed by atoms with Gasteiger partial charge in [0.25, 0.3) is 0 Å². The van der Waals surface area contributed by atoms with Crippen molar-refractivity contribution in [1.82, 2.24) is 0 Å². The van der Waals surface area contributed by atoms with Crippen LogP contribution in [0.3, 0.4) is 0 Å². The Morgan fingerprint density at radius 1 is 0.470 bits per heavy atom. The van der Waals surface area contributed by atoms with Crippen LogP contribution in [0.5, 0.6) is 0 Å². The Hall–Kier alpha value is -3.49. The van der Waals surface area contributed by atoms with Crippen LogP contribution < -0.4 is 0 Å². The van der Waals surface area contributed by atoms with Crippen LogP contribution in [0.25, 0.3) is 0 Å². The van der Waals surface area contributed by atoms with E-state index in [4.69, 9.17) is 14.2 Å². The molecular formula is C58H100NO7+. The van der Waals surface area contributed by atoms with Gasteiger partial charge in [-0.3, -0.25) is 9.59 Å². The predicted molar refractivity (Wildman–Crippen MR) is 280 cm³/mol. The molecule has 0 aliphatic carbocycles. The lowest BCUT2D eigenvalue weighted by Gasteiger charge is -2.31. The summed E-state index contributed by atoms with van der Waals surface area (Å²) in [4.78, 5) is 37.2. The van der Waals surface area contributed by atoms with Crippen molar-refractivity contribution in [3.63, 3.8) is 0 Å². The third-order valence-electron chi connectivity index (χ3n) is 11.5. The molecule has 0 aliphatic heterocycles. The molecule has 0 fully saturated rings. The smallest absolute Gasteiger partial charge is 0.362 e. The van der Waals surface area contributed by atoms with Crippen molar-refractivity contribution in [3.05, 3.63) is 85.1 Å². The molecule has 0 rings (SSSR count). The zero-order chi connectivity index (χ0) is 48.4. The van der Waals surface area contributed by atoms with E-state index in [0.29, 0.717) is 12.8 Å². The molecule has 0 saturated carbocycles. The zero-order valence-corrected chi connectivity index (χ0v) is 43.1. The van der Waals surface area contributed by atoms with E-state index in [1.165, 1.54) is 89.9 Å². The van der Waals surface area contributed by atoms with Crippen molar-refractivity contribution in [2.75, 3.05) is 41.0 Å². The highest BCUT2D eigenvalue weighted by Crippen LogP contribution is 2.14. The second-order valence-corrected chi connectivity index (χ2v) is 18.7. The van der Waals surface area contributed by atoms with Crippen LogP contribution in [0.1, 0.15) is 213 Å². The monoisotopic (exact) mass is 923 g/mol. The van der Waals surface area contributed by atoms with Gasteiger partial charge in [-0.1, -0.05) is 189 Å². The first kappa shape index (κ1) is 62.5. The number of hydrogen-bond acceptors (Lipinski definition) is 6. The van der Waals surface area contributed by atoms with E-state index in [1.54, 1.807) is 0 Å². The average Bonchev–Trinajstić information content (AvgIpc) is 3.28. The molecule has 8 heteroatoms. The molecule has 0 aromatic rings. The van der Waals surface area contributed by atoms with E-state index in [1.807, 2.05) is 21.1 Å². The first-order valence-corrected chi connectivity index (χ1v) is 26.6. The quantitative estimate of drug-likeness (QED) is 0.0281. The number of carboxylic acid groups (broad SMARTS) is 1. The lowest BCUT2D eigenvalue weighted by atomic mass is 10.1. The van der Waals surface area contributed by atoms with Gasteiger partial charge in [0.1, 0.15) is 6.61 Å². The van der Waals surface area contributed by atoms with Crippen molar-refractivity contribution in [3.8, 4) is 0 Å². The van der Waals surface area contributed by atoms with Gasteiger partial charge in [-0.15, -0.1) is 0 Å². The highest BCUT2D eigenvalue weighted by atomic mass is 16.6. The minimum Gasteiger partial charge on any atom is -0.477 e. The van der Waals surface area contributed by atoms with Crippen molar-refractivity contribution in [2.45, 2.75) is 225 Å². The molecule has 66 heavy (non-hydrogen) atoms. The van der Waals surface area contributed by atoms with Crippen LogP contribution in [-0.2, 0) is 28.6 Å². The predicted octanol–water partition coefficient (Wildman–Crippen LogP) is 15.6. The Morgan fingerprint density at radius 2 is 0.848 bits per heavy atom. The summed E-state index contributed by atoms with van der Waals surface area (Å²) >= 11 is 0. The Bertz CT molecular complexity index is 1350. The third-order valence-corrected chi connectivity index (χ3v) is 11.5. The summed E-state index contributed by atoms with van der Waals surface area (Å²) in [6, 6.07) is -0.628. The molecule has 0 amide bonds. The van der Waals surface area contributed by atoms with Gasteiger partial charge in [0, 0.05) is 19.3 Å². The Kier molecular flexibility index (Phi) is 45.4. The zero-order valence-electron chi connectivity index (χ0n) is 43.1. The van der Waals surface area contributed by atoms with Gasteiger partial charge in [0.2, 0.25) is 0 Å². The second-order valence-electron chi connectivity index (χ2n) is 18.7. The van der Waals surface area contributed by atoms with Crippen LogP contribution in [0.15, 0.2) is 85.1 Å². The SMILES string of the molecule is CC/C=C/C/C=C/C/C=C/C/C=C/C/C=C/CCCCCC(=O)OC(COCCC(C(=O)O)[N+](C)(C)C)COC(=O)CCCCCCCCC/C=C/C/C=C/CCCCCCCCCCC. The number of allylic oxidation sites excluding steroid dienone is 14. The fourth-order valence-corrected chi connectivity index (χ4v) is 7.44. The number of hydrogen-bond donors (Lipinski definition) is 1. The molecule has 2 unspecified atom stereocenters. The highest BCUT2D eigenvalue weighted by Gasteiger charge is 2.31. The number of aliphatic carboxylic acids is 1. The second kappa shape index (κ2) is 48.0. The maximum absolute atomic E-state index is 12.8. The van der Waals surface area contributed by atoms with E-state index in [0.717, 1.165) is 89.9 Å². The molecular weight excluding hydrogens is 823 g/mol. The fraction of sp³-hybridized carbons (Fsp3) is 0.707. The number of nitrogens with zero attached hydrogens (tertiary/aromatic N) is 1. The van der Waals surface area contributed by atoms with Gasteiger partial charge in [-0.25, -0.2) is 4.79 Å². The summed E-state index contributed by atoms with van der Waals surface area (Å²) in [6.45, 7) is 4.59. The largest absolute Gasteiger partial charge is 0.477 e. The van der Waals surface area contributed by atoms with Gasteiger partial charge < -0.3 is 23.8 Å². The molecule has 0 spiro atoms. The van der Waals surface area contributed by atoms with E-state index in [-0.39, 0.29) is 42.7 Å². The maximum atomic E-state index is 12.8. The Labute approximate surface area is 405 Å². The van der Waals surface area contributed by atoms with Crippen molar-refractivity contribution in [2.24, 2.45) is 0 Å². The number of quaternary nitrogens is 1. The number of carboxylic acids is 1. The van der Waals surface area contributed by atoms with Gasteiger partial charge in [0.05, 0.1) is 34.4 Å². The van der Waals surface area contributed by atoms with Gasteiger partial charge >= 0.3 is 17.9 Å². The van der Waals surface area contributed by atoms with Gasteiger partial charge in [-0.2, -0.15) is 0 Å². The summed E-state index contributed by atoms with van der Waals surface area (Å²) in [5.41, 5.74) is 0. The Balaban J connectivity index is 4.30. The van der Waals surface area contributed by atoms with Crippen molar-refractivity contribution in [1.29, 1.82) is 0 Å². The minimum absolute atomic E-state index is 0.0405. The van der Waals surface area contributed by atoms with Gasteiger partial charge in [-0.05, 0) is 89.9 Å². The van der Waals surface area contributed by atoms with E-state index >= 15 is 0 Å². The Morgan fingerprint density at radius 3 is 1.27 bits per heavy atom. The van der Waals surface area contributed by atoms with E-state index < -0.39 is 18.1 Å². The normalized spacial score (nSPS) is 13.5. The topological polar surface area (TPSA) is 99.1 Å². The fourth-order valence-electron chi connectivity index (χ4n) is 7.44. The molecule has 1 N–H and O–H groups in total. The molecule has 8 nitrogen and oxygen atoms in total. The number of likely N-dealkylation sites (N-methyl/N-ethyl adjacent to an activating group) is 1. The average molecular weight is 923 g/mol. The third kappa shape index (κ3) is 45.7. The highest BCUT2D eigenvalue weighted by molar-refractivity contribution is 5.72. The molecule has 0 radical (unpaired) electrons. The molecule has 378 valence electrons. The molecule has 0 bridgehead atoms. The molecule has 0 heterocycles. The summed E-state index contributed by atoms with van der Waals surface area (Å²) in [6.07, 6.45) is 63.5. The minimum atomic E-state index is -0.884.